The topological polar surface area (TPSA) is 21.7 Å². The van der Waals surface area contributed by atoms with Gasteiger partial charge in [-0.3, -0.25) is 0 Å². The predicted octanol–water partition coefficient (Wildman–Crippen LogP) is 2.34. The molecule has 4 heteroatoms. The Labute approximate surface area is 89.2 Å². The first-order valence-electron chi connectivity index (χ1n) is 4.22. The van der Waals surface area contributed by atoms with Gasteiger partial charge in [0.15, 0.2) is 0 Å². The number of anilines is 1. The summed E-state index contributed by atoms with van der Waals surface area (Å²) in [7, 11) is 5.15. The van der Waals surface area contributed by atoms with E-state index < -0.39 is 0 Å². The fraction of sp³-hybridized carbons (Fsp3) is 0.400. The lowest BCUT2D eigenvalue weighted by molar-refractivity contribution is 0.394. The number of methoxy groups -OCH3 is 2. The van der Waals surface area contributed by atoms with E-state index >= 15 is 0 Å². The third-order valence-corrected chi connectivity index (χ3v) is 2.34. The molecule has 0 aliphatic heterocycles. The SMILES string of the molecule is COc1ccc(N(C)CCl)c(OC)c1. The van der Waals surface area contributed by atoms with Crippen LogP contribution in [0.4, 0.5) is 5.69 Å². The Balaban J connectivity index is 3.04. The molecule has 0 unspecified atom stereocenters. The first kappa shape index (κ1) is 11.0. The van der Waals surface area contributed by atoms with Crippen LogP contribution in [0.3, 0.4) is 0 Å². The highest BCUT2D eigenvalue weighted by atomic mass is 35.5. The minimum Gasteiger partial charge on any atom is -0.497 e. The van der Waals surface area contributed by atoms with E-state index in [9.17, 15) is 0 Å². The first-order chi connectivity index (χ1) is 6.72. The molecule has 0 aromatic heterocycles. The van der Waals surface area contributed by atoms with Crippen molar-refractivity contribution in [3.05, 3.63) is 18.2 Å². The van der Waals surface area contributed by atoms with Crippen molar-refractivity contribution in [3.8, 4) is 11.5 Å². The summed E-state index contributed by atoms with van der Waals surface area (Å²) in [4.78, 5) is 1.89. The summed E-state index contributed by atoms with van der Waals surface area (Å²) in [5, 5.41) is 0. The van der Waals surface area contributed by atoms with Gasteiger partial charge >= 0.3 is 0 Å². The number of hydrogen-bond acceptors (Lipinski definition) is 3. The van der Waals surface area contributed by atoms with Crippen molar-refractivity contribution in [1.82, 2.24) is 0 Å². The number of rotatable bonds is 4. The normalized spacial score (nSPS) is 9.71. The van der Waals surface area contributed by atoms with Crippen molar-refractivity contribution < 1.29 is 9.47 Å². The molecule has 0 radical (unpaired) electrons. The maximum absolute atomic E-state index is 5.73. The third kappa shape index (κ3) is 2.23. The third-order valence-electron chi connectivity index (χ3n) is 1.98. The van der Waals surface area contributed by atoms with Crippen molar-refractivity contribution in [2.45, 2.75) is 0 Å². The van der Waals surface area contributed by atoms with Crippen LogP contribution in [0.5, 0.6) is 11.5 Å². The van der Waals surface area contributed by atoms with E-state index in [1.54, 1.807) is 14.2 Å². The summed E-state index contributed by atoms with van der Waals surface area (Å²) in [6, 6.07) is 6.04. The Morgan fingerprint density at radius 3 is 2.50 bits per heavy atom. The monoisotopic (exact) mass is 215 g/mol. The van der Waals surface area contributed by atoms with E-state index in [0.717, 1.165) is 17.2 Å². The van der Waals surface area contributed by atoms with E-state index in [1.165, 1.54) is 0 Å². The average Bonchev–Trinajstić information content (AvgIpc) is 2.27. The van der Waals surface area contributed by atoms with E-state index in [-0.39, 0.29) is 0 Å². The summed E-state index contributed by atoms with van der Waals surface area (Å²) in [5.74, 6) is 1.53. The number of hydrogen-bond donors (Lipinski definition) is 0. The molecule has 14 heavy (non-hydrogen) atoms. The second-order valence-electron chi connectivity index (χ2n) is 2.86. The summed E-state index contributed by atoms with van der Waals surface area (Å²) in [6.07, 6.45) is 0. The Morgan fingerprint density at radius 2 is 2.00 bits per heavy atom. The van der Waals surface area contributed by atoms with Crippen LogP contribution in [-0.4, -0.2) is 27.3 Å². The highest BCUT2D eigenvalue weighted by molar-refractivity contribution is 6.19. The lowest BCUT2D eigenvalue weighted by Crippen LogP contribution is -2.15. The van der Waals surface area contributed by atoms with Gasteiger partial charge < -0.3 is 14.4 Å². The summed E-state index contributed by atoms with van der Waals surface area (Å²) in [5.41, 5.74) is 0.948. The van der Waals surface area contributed by atoms with Gasteiger partial charge in [-0.2, -0.15) is 0 Å². The molecule has 0 aliphatic carbocycles. The second-order valence-corrected chi connectivity index (χ2v) is 3.09. The van der Waals surface area contributed by atoms with E-state index in [2.05, 4.69) is 0 Å². The molecule has 1 rings (SSSR count). The molecule has 0 saturated carbocycles. The molecule has 0 amide bonds. The van der Waals surface area contributed by atoms with E-state index in [0.29, 0.717) is 6.00 Å². The number of benzene rings is 1. The molecular formula is C10H14ClNO2. The lowest BCUT2D eigenvalue weighted by atomic mass is 10.2. The Morgan fingerprint density at radius 1 is 1.29 bits per heavy atom. The number of alkyl halides is 1. The number of ether oxygens (including phenoxy) is 2. The molecule has 0 bridgehead atoms. The van der Waals surface area contributed by atoms with Crippen LogP contribution >= 0.6 is 11.6 Å². The molecular weight excluding hydrogens is 202 g/mol. The zero-order valence-corrected chi connectivity index (χ0v) is 9.34. The van der Waals surface area contributed by atoms with Crippen LogP contribution in [0, 0.1) is 0 Å². The average molecular weight is 216 g/mol. The van der Waals surface area contributed by atoms with Crippen LogP contribution in [0.2, 0.25) is 0 Å². The van der Waals surface area contributed by atoms with Crippen molar-refractivity contribution in [3.63, 3.8) is 0 Å². The van der Waals surface area contributed by atoms with Crippen molar-refractivity contribution in [2.75, 3.05) is 32.2 Å². The van der Waals surface area contributed by atoms with Gasteiger partial charge in [-0.15, -0.1) is 11.6 Å². The second kappa shape index (κ2) is 4.96. The van der Waals surface area contributed by atoms with Gasteiger partial charge in [0, 0.05) is 13.1 Å². The molecule has 78 valence electrons. The molecule has 0 N–H and O–H groups in total. The summed E-state index contributed by atoms with van der Waals surface area (Å²) < 4.78 is 10.3. The maximum atomic E-state index is 5.73. The van der Waals surface area contributed by atoms with Gasteiger partial charge in [0.1, 0.15) is 11.5 Å². The van der Waals surface area contributed by atoms with E-state index in [4.69, 9.17) is 21.1 Å². The fourth-order valence-corrected chi connectivity index (χ4v) is 1.29. The number of nitrogens with zero attached hydrogens (tertiary/aromatic N) is 1. The van der Waals surface area contributed by atoms with Crippen molar-refractivity contribution in [1.29, 1.82) is 0 Å². The standard InChI is InChI=1S/C10H14ClNO2/c1-12(7-11)9-5-4-8(13-2)6-10(9)14-3/h4-6H,7H2,1-3H3. The molecule has 0 saturated heterocycles. The van der Waals surface area contributed by atoms with Crippen molar-refractivity contribution in [2.24, 2.45) is 0 Å². The smallest absolute Gasteiger partial charge is 0.145 e. The Hall–Kier alpha value is -1.09. The zero-order chi connectivity index (χ0) is 10.6. The van der Waals surface area contributed by atoms with Crippen LogP contribution in [0.25, 0.3) is 0 Å². The number of halogens is 1. The predicted molar refractivity (Wildman–Crippen MR) is 58.7 cm³/mol. The Bertz CT molecular complexity index is 304. The van der Waals surface area contributed by atoms with Crippen molar-refractivity contribution >= 4 is 17.3 Å². The summed E-state index contributed by atoms with van der Waals surface area (Å²) >= 11 is 5.73. The van der Waals surface area contributed by atoms with Gasteiger partial charge in [-0.05, 0) is 12.1 Å². The van der Waals surface area contributed by atoms with Gasteiger partial charge in [-0.25, -0.2) is 0 Å². The van der Waals surface area contributed by atoms with Gasteiger partial charge in [0.2, 0.25) is 0 Å². The first-order valence-corrected chi connectivity index (χ1v) is 4.75. The molecule has 0 aliphatic rings. The van der Waals surface area contributed by atoms with Gasteiger partial charge in [0.05, 0.1) is 25.9 Å². The van der Waals surface area contributed by atoms with Crippen LogP contribution < -0.4 is 14.4 Å². The minimum atomic E-state index is 0.419. The molecule has 0 heterocycles. The summed E-state index contributed by atoms with van der Waals surface area (Å²) in [6.45, 7) is 0. The van der Waals surface area contributed by atoms with Crippen LogP contribution in [-0.2, 0) is 0 Å². The quantitative estimate of drug-likeness (QED) is 0.569. The van der Waals surface area contributed by atoms with Crippen LogP contribution in [0.1, 0.15) is 0 Å². The molecule has 3 nitrogen and oxygen atoms in total. The van der Waals surface area contributed by atoms with Gasteiger partial charge in [0.25, 0.3) is 0 Å². The maximum Gasteiger partial charge on any atom is 0.145 e. The van der Waals surface area contributed by atoms with Crippen LogP contribution in [0.15, 0.2) is 18.2 Å². The molecule has 1 aromatic rings. The molecule has 0 fully saturated rings. The zero-order valence-electron chi connectivity index (χ0n) is 8.58. The largest absolute Gasteiger partial charge is 0.497 e. The highest BCUT2D eigenvalue weighted by Crippen LogP contribution is 2.31. The molecule has 1 aromatic carbocycles. The minimum absolute atomic E-state index is 0.419. The Kier molecular flexibility index (Phi) is 3.89. The molecule has 0 spiro atoms. The highest BCUT2D eigenvalue weighted by Gasteiger charge is 2.07. The van der Waals surface area contributed by atoms with E-state index in [1.807, 2.05) is 30.1 Å². The van der Waals surface area contributed by atoms with Gasteiger partial charge in [-0.1, -0.05) is 0 Å². The lowest BCUT2D eigenvalue weighted by Gasteiger charge is -2.19. The molecule has 0 atom stereocenters. The fourth-order valence-electron chi connectivity index (χ4n) is 1.16.